The third-order valence-electron chi connectivity index (χ3n) is 5.41. The SMILES string of the molecule is Cc1cc(C(=O)[C@@H](C)[NH+](C)CC(=O)Nc2cccc(F)c2)c(C)n1Cc1ccco1. The molecule has 1 amide bonds. The lowest BCUT2D eigenvalue weighted by Crippen LogP contribution is -3.14. The van der Waals surface area contributed by atoms with Crippen molar-refractivity contribution in [3.05, 3.63) is 77.3 Å². The maximum atomic E-state index is 13.3. The molecule has 0 aliphatic carbocycles. The van der Waals surface area contributed by atoms with Gasteiger partial charge in [0.15, 0.2) is 6.54 Å². The Balaban J connectivity index is 1.66. The fourth-order valence-electron chi connectivity index (χ4n) is 3.49. The molecule has 1 unspecified atom stereocenters. The summed E-state index contributed by atoms with van der Waals surface area (Å²) in [6.45, 7) is 6.34. The van der Waals surface area contributed by atoms with E-state index in [-0.39, 0.29) is 18.2 Å². The van der Waals surface area contributed by atoms with E-state index in [1.165, 1.54) is 18.2 Å². The number of furan rings is 1. The highest BCUT2D eigenvalue weighted by atomic mass is 19.1. The molecule has 0 spiro atoms. The molecule has 0 saturated carbocycles. The van der Waals surface area contributed by atoms with E-state index in [0.29, 0.717) is 17.8 Å². The topological polar surface area (TPSA) is 68.7 Å². The fourth-order valence-corrected chi connectivity index (χ4v) is 3.49. The Hall–Kier alpha value is -3.19. The van der Waals surface area contributed by atoms with Crippen molar-refractivity contribution in [1.82, 2.24) is 4.57 Å². The number of hydrogen-bond acceptors (Lipinski definition) is 3. The zero-order chi connectivity index (χ0) is 21.8. The molecule has 0 radical (unpaired) electrons. The zero-order valence-corrected chi connectivity index (χ0v) is 17.7. The molecule has 3 aromatic rings. The van der Waals surface area contributed by atoms with Gasteiger partial charge in [-0.15, -0.1) is 0 Å². The molecule has 2 heterocycles. The van der Waals surface area contributed by atoms with E-state index in [1.807, 2.05) is 43.5 Å². The molecule has 7 heteroatoms. The highest BCUT2D eigenvalue weighted by molar-refractivity contribution is 6.00. The molecular formula is C23H27FN3O3+. The van der Waals surface area contributed by atoms with Gasteiger partial charge in [-0.2, -0.15) is 0 Å². The average molecular weight is 412 g/mol. The van der Waals surface area contributed by atoms with Gasteiger partial charge in [0.25, 0.3) is 5.91 Å². The van der Waals surface area contributed by atoms with Crippen molar-refractivity contribution in [2.75, 3.05) is 18.9 Å². The maximum Gasteiger partial charge on any atom is 0.279 e. The molecule has 30 heavy (non-hydrogen) atoms. The molecule has 0 saturated heterocycles. The maximum absolute atomic E-state index is 13.3. The monoisotopic (exact) mass is 412 g/mol. The molecule has 3 rings (SSSR count). The number of nitrogens with one attached hydrogen (secondary N) is 2. The largest absolute Gasteiger partial charge is 0.467 e. The zero-order valence-electron chi connectivity index (χ0n) is 17.7. The number of halogens is 1. The van der Waals surface area contributed by atoms with Gasteiger partial charge >= 0.3 is 0 Å². The molecular weight excluding hydrogens is 385 g/mol. The van der Waals surface area contributed by atoms with Crippen molar-refractivity contribution in [3.8, 4) is 0 Å². The molecule has 2 atom stereocenters. The van der Waals surface area contributed by atoms with Gasteiger partial charge in [-0.3, -0.25) is 9.59 Å². The number of carbonyl (C=O) groups excluding carboxylic acids is 2. The van der Waals surface area contributed by atoms with Crippen LogP contribution in [0.3, 0.4) is 0 Å². The summed E-state index contributed by atoms with van der Waals surface area (Å²) in [5.74, 6) is 0.105. The first-order valence-corrected chi connectivity index (χ1v) is 9.87. The summed E-state index contributed by atoms with van der Waals surface area (Å²) in [6.07, 6.45) is 1.63. The molecule has 2 aromatic heterocycles. The number of quaternary nitrogens is 1. The summed E-state index contributed by atoms with van der Waals surface area (Å²) in [5.41, 5.74) is 2.89. The van der Waals surface area contributed by atoms with E-state index in [1.54, 1.807) is 19.4 Å². The summed E-state index contributed by atoms with van der Waals surface area (Å²) in [6, 6.07) is 10.9. The lowest BCUT2D eigenvalue weighted by Gasteiger charge is -2.20. The third-order valence-corrected chi connectivity index (χ3v) is 5.41. The van der Waals surface area contributed by atoms with Crippen molar-refractivity contribution in [3.63, 3.8) is 0 Å². The normalized spacial score (nSPS) is 13.1. The molecule has 2 N–H and O–H groups in total. The number of anilines is 1. The van der Waals surface area contributed by atoms with Gasteiger partial charge in [-0.1, -0.05) is 6.07 Å². The number of nitrogens with zero attached hydrogens (tertiary/aromatic N) is 1. The number of aryl methyl sites for hydroxylation is 1. The summed E-state index contributed by atoms with van der Waals surface area (Å²) in [4.78, 5) is 26.2. The molecule has 0 aliphatic heterocycles. The number of likely N-dealkylation sites (N-methyl/N-ethyl adjacent to an activating group) is 1. The summed E-state index contributed by atoms with van der Waals surface area (Å²) >= 11 is 0. The minimum Gasteiger partial charge on any atom is -0.467 e. The Bertz CT molecular complexity index is 1040. The summed E-state index contributed by atoms with van der Waals surface area (Å²) < 4.78 is 20.8. The van der Waals surface area contributed by atoms with Crippen LogP contribution in [0.2, 0.25) is 0 Å². The van der Waals surface area contributed by atoms with Gasteiger partial charge in [0.1, 0.15) is 17.6 Å². The lowest BCUT2D eigenvalue weighted by molar-refractivity contribution is -0.885. The first-order chi connectivity index (χ1) is 14.3. The highest BCUT2D eigenvalue weighted by Crippen LogP contribution is 2.18. The van der Waals surface area contributed by atoms with Crippen molar-refractivity contribution in [1.29, 1.82) is 0 Å². The van der Waals surface area contributed by atoms with Crippen molar-refractivity contribution in [2.45, 2.75) is 33.4 Å². The number of benzene rings is 1. The van der Waals surface area contributed by atoms with E-state index >= 15 is 0 Å². The number of aromatic nitrogens is 1. The van der Waals surface area contributed by atoms with Crippen LogP contribution < -0.4 is 10.2 Å². The fraction of sp³-hybridized carbons (Fsp3) is 0.304. The molecule has 0 fully saturated rings. The summed E-state index contributed by atoms with van der Waals surface area (Å²) in [5, 5.41) is 2.67. The van der Waals surface area contributed by atoms with Crippen molar-refractivity contribution in [2.24, 2.45) is 0 Å². The number of hydrogen-bond donors (Lipinski definition) is 2. The lowest BCUT2D eigenvalue weighted by atomic mass is 10.0. The van der Waals surface area contributed by atoms with Crippen molar-refractivity contribution < 1.29 is 23.3 Å². The van der Waals surface area contributed by atoms with Gasteiger partial charge in [0, 0.05) is 22.6 Å². The summed E-state index contributed by atoms with van der Waals surface area (Å²) in [7, 11) is 1.80. The Labute approximate surface area is 175 Å². The van der Waals surface area contributed by atoms with E-state index in [9.17, 15) is 14.0 Å². The Kier molecular flexibility index (Phi) is 6.52. The minimum atomic E-state index is -0.416. The number of Topliss-reactive ketones (excluding diaryl/α,β-unsaturated/α-hetero) is 1. The van der Waals surface area contributed by atoms with E-state index in [4.69, 9.17) is 4.42 Å². The van der Waals surface area contributed by atoms with Crippen LogP contribution in [-0.2, 0) is 11.3 Å². The number of rotatable bonds is 8. The number of carbonyl (C=O) groups is 2. The van der Waals surface area contributed by atoms with Gasteiger partial charge in [0.2, 0.25) is 5.78 Å². The second kappa shape index (κ2) is 9.09. The second-order valence-electron chi connectivity index (χ2n) is 7.62. The first-order valence-electron chi connectivity index (χ1n) is 9.87. The van der Waals surface area contributed by atoms with Gasteiger partial charge in [-0.25, -0.2) is 4.39 Å². The minimum absolute atomic E-state index is 0.0233. The molecule has 0 aliphatic rings. The second-order valence-corrected chi connectivity index (χ2v) is 7.62. The van der Waals surface area contributed by atoms with Gasteiger partial charge in [-0.05, 0) is 57.2 Å². The van der Waals surface area contributed by atoms with E-state index < -0.39 is 11.9 Å². The van der Waals surface area contributed by atoms with Crippen LogP contribution in [0.25, 0.3) is 0 Å². The predicted molar refractivity (Wildman–Crippen MR) is 112 cm³/mol. The van der Waals surface area contributed by atoms with Crippen LogP contribution in [0.15, 0.2) is 53.1 Å². The molecule has 158 valence electrons. The van der Waals surface area contributed by atoms with Crippen LogP contribution in [0, 0.1) is 19.7 Å². The Morgan fingerprint density at radius 3 is 2.63 bits per heavy atom. The van der Waals surface area contributed by atoms with Crippen molar-refractivity contribution >= 4 is 17.4 Å². The smallest absolute Gasteiger partial charge is 0.279 e. The van der Waals surface area contributed by atoms with Crippen LogP contribution >= 0.6 is 0 Å². The molecule has 6 nitrogen and oxygen atoms in total. The Morgan fingerprint density at radius 1 is 1.20 bits per heavy atom. The standard InChI is InChI=1S/C23H26FN3O3/c1-15-11-21(16(2)27(15)13-20-9-6-10-30-20)23(29)17(3)26(4)14-22(28)25-19-8-5-7-18(24)12-19/h5-12,17H,13-14H2,1-4H3,(H,25,28)/p+1/t17-/m1/s1. The highest BCUT2D eigenvalue weighted by Gasteiger charge is 2.28. The predicted octanol–water partition coefficient (Wildman–Crippen LogP) is 2.61. The van der Waals surface area contributed by atoms with E-state index in [0.717, 1.165) is 22.0 Å². The molecule has 1 aromatic carbocycles. The van der Waals surface area contributed by atoms with Crippen LogP contribution in [0.1, 0.15) is 34.4 Å². The molecule has 0 bridgehead atoms. The van der Waals surface area contributed by atoms with Crippen LogP contribution in [-0.4, -0.2) is 35.9 Å². The van der Waals surface area contributed by atoms with Crippen LogP contribution in [0.4, 0.5) is 10.1 Å². The van der Waals surface area contributed by atoms with Crippen LogP contribution in [0.5, 0.6) is 0 Å². The van der Waals surface area contributed by atoms with Gasteiger partial charge in [0.05, 0.1) is 19.9 Å². The average Bonchev–Trinajstić information content (AvgIpc) is 3.30. The number of ketones is 1. The first kappa shape index (κ1) is 21.5. The third kappa shape index (κ3) is 4.86. The quantitative estimate of drug-likeness (QED) is 0.559. The van der Waals surface area contributed by atoms with E-state index in [2.05, 4.69) is 5.32 Å². The number of amides is 1. The van der Waals surface area contributed by atoms with Gasteiger partial charge < -0.3 is 19.2 Å². The Morgan fingerprint density at radius 2 is 1.97 bits per heavy atom.